The molecule has 2 aromatic carbocycles. The van der Waals surface area contributed by atoms with Crippen LogP contribution in [-0.4, -0.2) is 21.6 Å². The van der Waals surface area contributed by atoms with Gasteiger partial charge in [0.15, 0.2) is 5.16 Å². The van der Waals surface area contributed by atoms with E-state index >= 15 is 0 Å². The average Bonchev–Trinajstić information content (AvgIpc) is 2.66. The van der Waals surface area contributed by atoms with E-state index in [1.807, 2.05) is 43.3 Å². The van der Waals surface area contributed by atoms with E-state index in [4.69, 9.17) is 0 Å². The Labute approximate surface area is 164 Å². The molecule has 1 aromatic heterocycles. The van der Waals surface area contributed by atoms with Gasteiger partial charge in [0.2, 0.25) is 5.91 Å². The third-order valence-electron chi connectivity index (χ3n) is 3.74. The highest BCUT2D eigenvalue weighted by Crippen LogP contribution is 2.34. The molecule has 144 valence electrons. The van der Waals surface area contributed by atoms with E-state index in [1.165, 1.54) is 18.2 Å². The van der Waals surface area contributed by atoms with E-state index in [2.05, 4.69) is 15.3 Å². The van der Waals surface area contributed by atoms with E-state index in [9.17, 15) is 18.0 Å². The zero-order valence-electron chi connectivity index (χ0n) is 14.8. The maximum Gasteiger partial charge on any atom is 0.418 e. The van der Waals surface area contributed by atoms with Crippen LogP contribution in [0.3, 0.4) is 0 Å². The van der Waals surface area contributed by atoms with Crippen molar-refractivity contribution in [3.63, 3.8) is 0 Å². The van der Waals surface area contributed by atoms with Crippen molar-refractivity contribution >= 4 is 23.4 Å². The van der Waals surface area contributed by atoms with Gasteiger partial charge in [-0.2, -0.15) is 13.2 Å². The Hall–Kier alpha value is -2.87. The lowest BCUT2D eigenvalue weighted by Crippen LogP contribution is -2.18. The summed E-state index contributed by atoms with van der Waals surface area (Å²) < 4.78 is 39.1. The van der Waals surface area contributed by atoms with Crippen molar-refractivity contribution in [2.75, 3.05) is 11.1 Å². The zero-order valence-corrected chi connectivity index (χ0v) is 15.6. The number of aromatic nitrogens is 2. The number of halogens is 3. The fourth-order valence-corrected chi connectivity index (χ4v) is 3.22. The number of hydrogen-bond acceptors (Lipinski definition) is 4. The summed E-state index contributed by atoms with van der Waals surface area (Å²) in [6.07, 6.45) is -4.54. The lowest BCUT2D eigenvalue weighted by molar-refractivity contribution is -0.137. The third-order valence-corrected chi connectivity index (χ3v) is 4.59. The van der Waals surface area contributed by atoms with Crippen LogP contribution < -0.4 is 5.32 Å². The van der Waals surface area contributed by atoms with Gasteiger partial charge in [-0.1, -0.05) is 54.2 Å². The molecular weight excluding hydrogens is 387 g/mol. The minimum atomic E-state index is -4.54. The second-order valence-corrected chi connectivity index (χ2v) is 6.87. The molecule has 1 amide bonds. The minimum Gasteiger partial charge on any atom is -0.325 e. The lowest BCUT2D eigenvalue weighted by atomic mass is 10.1. The van der Waals surface area contributed by atoms with Crippen molar-refractivity contribution in [2.45, 2.75) is 18.3 Å². The third kappa shape index (κ3) is 5.10. The summed E-state index contributed by atoms with van der Waals surface area (Å²) in [5.74, 6) is -0.669. The largest absolute Gasteiger partial charge is 0.418 e. The first-order valence-corrected chi connectivity index (χ1v) is 9.31. The molecule has 0 aliphatic rings. The molecule has 1 heterocycles. The van der Waals surface area contributed by atoms with Crippen LogP contribution in [0.25, 0.3) is 11.3 Å². The van der Waals surface area contributed by atoms with Crippen LogP contribution >= 0.6 is 11.8 Å². The van der Waals surface area contributed by atoms with Crippen LogP contribution in [0.15, 0.2) is 65.8 Å². The predicted octanol–water partition coefficient (Wildman–Crippen LogP) is 5.20. The zero-order chi connectivity index (χ0) is 20.1. The molecule has 0 atom stereocenters. The molecule has 0 spiro atoms. The summed E-state index contributed by atoms with van der Waals surface area (Å²) in [4.78, 5) is 20.9. The van der Waals surface area contributed by atoms with Crippen molar-refractivity contribution < 1.29 is 18.0 Å². The van der Waals surface area contributed by atoms with Crippen LogP contribution in [-0.2, 0) is 11.0 Å². The van der Waals surface area contributed by atoms with E-state index in [0.717, 1.165) is 34.8 Å². The molecule has 3 rings (SSSR count). The molecule has 0 fully saturated rings. The molecule has 0 radical (unpaired) electrons. The topological polar surface area (TPSA) is 54.9 Å². The fourth-order valence-electron chi connectivity index (χ4n) is 2.52. The van der Waals surface area contributed by atoms with E-state index < -0.39 is 17.6 Å². The quantitative estimate of drug-likeness (QED) is 0.470. The van der Waals surface area contributed by atoms with Crippen LogP contribution in [0.2, 0.25) is 0 Å². The number of nitrogens with zero attached hydrogens (tertiary/aromatic N) is 2. The first kappa shape index (κ1) is 19.9. The van der Waals surface area contributed by atoms with Crippen LogP contribution in [0.5, 0.6) is 0 Å². The number of carbonyl (C=O) groups excluding carboxylic acids is 1. The van der Waals surface area contributed by atoms with Gasteiger partial charge in [-0.05, 0) is 25.1 Å². The maximum absolute atomic E-state index is 13.0. The molecule has 8 heteroatoms. The summed E-state index contributed by atoms with van der Waals surface area (Å²) in [5, 5.41) is 2.70. The molecule has 0 saturated heterocycles. The van der Waals surface area contributed by atoms with E-state index in [0.29, 0.717) is 5.16 Å². The fraction of sp³-hybridized carbons (Fsp3) is 0.150. The van der Waals surface area contributed by atoms with E-state index in [-0.39, 0.29) is 11.4 Å². The summed E-state index contributed by atoms with van der Waals surface area (Å²) >= 11 is 1.07. The van der Waals surface area contributed by atoms with Crippen molar-refractivity contribution in [2.24, 2.45) is 0 Å². The van der Waals surface area contributed by atoms with Gasteiger partial charge in [0, 0.05) is 11.3 Å². The number of aryl methyl sites for hydroxylation is 1. The van der Waals surface area contributed by atoms with Gasteiger partial charge >= 0.3 is 6.18 Å². The van der Waals surface area contributed by atoms with Crippen molar-refractivity contribution in [3.05, 3.63) is 71.9 Å². The standard InChI is InChI=1S/C20H16F3N3OS/c1-13-11-17(14-7-3-2-4-8-14)26-19(24-13)28-12-18(27)25-16-10-6-5-9-15(16)20(21,22)23/h2-11H,12H2,1H3,(H,25,27). The number of hydrogen-bond donors (Lipinski definition) is 1. The van der Waals surface area contributed by atoms with Crippen LogP contribution in [0.4, 0.5) is 18.9 Å². The maximum atomic E-state index is 13.0. The molecule has 0 unspecified atom stereocenters. The second-order valence-electron chi connectivity index (χ2n) is 5.92. The lowest BCUT2D eigenvalue weighted by Gasteiger charge is -2.13. The highest BCUT2D eigenvalue weighted by molar-refractivity contribution is 7.99. The number of benzene rings is 2. The van der Waals surface area contributed by atoms with Crippen molar-refractivity contribution in [1.82, 2.24) is 9.97 Å². The summed E-state index contributed by atoms with van der Waals surface area (Å²) in [5.41, 5.74) is 1.22. The molecule has 0 bridgehead atoms. The molecule has 1 N–H and O–H groups in total. The Morgan fingerprint density at radius 3 is 2.43 bits per heavy atom. The summed E-state index contributed by atoms with van der Waals surface area (Å²) in [7, 11) is 0. The van der Waals surface area contributed by atoms with Crippen LogP contribution in [0.1, 0.15) is 11.3 Å². The van der Waals surface area contributed by atoms with Gasteiger partial charge in [-0.3, -0.25) is 4.79 Å². The summed E-state index contributed by atoms with van der Waals surface area (Å²) in [6, 6.07) is 16.2. The Bertz CT molecular complexity index is 978. The Balaban J connectivity index is 1.70. The number of para-hydroxylation sites is 1. The van der Waals surface area contributed by atoms with Crippen molar-refractivity contribution in [1.29, 1.82) is 0 Å². The smallest absolute Gasteiger partial charge is 0.325 e. The minimum absolute atomic E-state index is 0.107. The molecule has 3 aromatic rings. The first-order chi connectivity index (χ1) is 13.3. The Morgan fingerprint density at radius 1 is 1.04 bits per heavy atom. The number of carbonyl (C=O) groups is 1. The highest BCUT2D eigenvalue weighted by atomic mass is 32.2. The Kier molecular flexibility index (Phi) is 5.99. The van der Waals surface area contributed by atoms with Crippen molar-refractivity contribution in [3.8, 4) is 11.3 Å². The van der Waals surface area contributed by atoms with Crippen LogP contribution in [0, 0.1) is 6.92 Å². The molecule has 0 aliphatic carbocycles. The van der Waals surface area contributed by atoms with Gasteiger partial charge < -0.3 is 5.32 Å². The molecular formula is C20H16F3N3OS. The number of anilines is 1. The number of amides is 1. The monoisotopic (exact) mass is 403 g/mol. The van der Waals surface area contributed by atoms with Gasteiger partial charge in [-0.15, -0.1) is 0 Å². The predicted molar refractivity (Wildman–Crippen MR) is 103 cm³/mol. The molecule has 28 heavy (non-hydrogen) atoms. The van der Waals surface area contributed by atoms with Gasteiger partial charge in [0.1, 0.15) is 0 Å². The molecule has 0 aliphatic heterocycles. The Morgan fingerprint density at radius 2 is 1.71 bits per heavy atom. The number of nitrogens with one attached hydrogen (secondary N) is 1. The van der Waals surface area contributed by atoms with E-state index in [1.54, 1.807) is 0 Å². The second kappa shape index (κ2) is 8.43. The number of thioether (sulfide) groups is 1. The van der Waals surface area contributed by atoms with Gasteiger partial charge in [0.05, 0.1) is 22.7 Å². The van der Waals surface area contributed by atoms with Gasteiger partial charge in [-0.25, -0.2) is 9.97 Å². The number of alkyl halides is 3. The van der Waals surface area contributed by atoms with Gasteiger partial charge in [0.25, 0.3) is 0 Å². The molecule has 0 saturated carbocycles. The summed E-state index contributed by atoms with van der Waals surface area (Å²) in [6.45, 7) is 1.82. The first-order valence-electron chi connectivity index (χ1n) is 8.33. The molecule has 4 nitrogen and oxygen atoms in total. The average molecular weight is 403 g/mol. The SMILES string of the molecule is Cc1cc(-c2ccccc2)nc(SCC(=O)Nc2ccccc2C(F)(F)F)n1. The normalized spacial score (nSPS) is 11.3. The highest BCUT2D eigenvalue weighted by Gasteiger charge is 2.33. The number of rotatable bonds is 5.